The zero-order valence-corrected chi connectivity index (χ0v) is 10.1. The summed E-state index contributed by atoms with van der Waals surface area (Å²) in [6.45, 7) is 7.11. The van der Waals surface area contributed by atoms with Crippen LogP contribution >= 0.6 is 0 Å². The highest BCUT2D eigenvalue weighted by atomic mass is 16.5. The van der Waals surface area contributed by atoms with Crippen molar-refractivity contribution in [2.75, 3.05) is 26.2 Å². The first-order valence-corrected chi connectivity index (χ1v) is 5.84. The van der Waals surface area contributed by atoms with Crippen molar-refractivity contribution in [3.8, 4) is 5.75 Å². The highest BCUT2D eigenvalue weighted by Gasteiger charge is 2.09. The van der Waals surface area contributed by atoms with E-state index < -0.39 is 6.10 Å². The van der Waals surface area contributed by atoms with Crippen molar-refractivity contribution in [1.82, 2.24) is 4.90 Å². The summed E-state index contributed by atoms with van der Waals surface area (Å²) in [5, 5.41) is 9.78. The maximum Gasteiger partial charge on any atom is 0.119 e. The fraction of sp³-hybridized carbons (Fsp3) is 0.538. The van der Waals surface area contributed by atoms with Crippen LogP contribution in [-0.4, -0.2) is 42.4 Å². The van der Waals surface area contributed by atoms with E-state index in [0.29, 0.717) is 13.2 Å². The van der Waals surface area contributed by atoms with Crippen LogP contribution in [-0.2, 0) is 0 Å². The van der Waals surface area contributed by atoms with E-state index in [1.54, 1.807) is 0 Å². The van der Waals surface area contributed by atoms with Crippen LogP contribution in [0.4, 0.5) is 0 Å². The van der Waals surface area contributed by atoms with Crippen LogP contribution in [0.2, 0.25) is 0 Å². The molecule has 0 saturated carbocycles. The first kappa shape index (κ1) is 13.0. The normalized spacial score (nSPS) is 12.8. The molecule has 0 aliphatic carbocycles. The van der Waals surface area contributed by atoms with E-state index >= 15 is 0 Å². The van der Waals surface area contributed by atoms with Gasteiger partial charge in [0.1, 0.15) is 18.5 Å². The number of aliphatic hydroxyl groups is 1. The van der Waals surface area contributed by atoms with Gasteiger partial charge >= 0.3 is 0 Å². The van der Waals surface area contributed by atoms with E-state index in [1.807, 2.05) is 30.3 Å². The zero-order chi connectivity index (χ0) is 11.8. The minimum atomic E-state index is -0.430. The summed E-state index contributed by atoms with van der Waals surface area (Å²) in [4.78, 5) is 2.18. The Labute approximate surface area is 97.7 Å². The molecule has 0 saturated heterocycles. The van der Waals surface area contributed by atoms with Crippen LogP contribution in [0.15, 0.2) is 30.3 Å². The van der Waals surface area contributed by atoms with Gasteiger partial charge in [-0.3, -0.25) is 0 Å². The molecule has 0 aliphatic heterocycles. The van der Waals surface area contributed by atoms with Gasteiger partial charge in [-0.2, -0.15) is 0 Å². The van der Waals surface area contributed by atoms with Crippen LogP contribution < -0.4 is 4.74 Å². The van der Waals surface area contributed by atoms with E-state index in [9.17, 15) is 5.11 Å². The van der Waals surface area contributed by atoms with E-state index in [-0.39, 0.29) is 0 Å². The molecule has 0 heterocycles. The Morgan fingerprint density at radius 2 is 1.81 bits per heavy atom. The van der Waals surface area contributed by atoms with Gasteiger partial charge in [-0.05, 0) is 25.2 Å². The molecule has 16 heavy (non-hydrogen) atoms. The molecule has 0 bridgehead atoms. The average Bonchev–Trinajstić information content (AvgIpc) is 2.34. The number of benzene rings is 1. The predicted molar refractivity (Wildman–Crippen MR) is 65.7 cm³/mol. The van der Waals surface area contributed by atoms with Crippen molar-refractivity contribution in [2.24, 2.45) is 0 Å². The Morgan fingerprint density at radius 1 is 1.19 bits per heavy atom. The lowest BCUT2D eigenvalue weighted by molar-refractivity contribution is 0.0716. The molecular formula is C13H21NO2. The van der Waals surface area contributed by atoms with Gasteiger partial charge < -0.3 is 14.7 Å². The molecule has 0 aromatic heterocycles. The van der Waals surface area contributed by atoms with E-state index in [4.69, 9.17) is 4.74 Å². The van der Waals surface area contributed by atoms with Gasteiger partial charge in [-0.1, -0.05) is 32.0 Å². The van der Waals surface area contributed by atoms with Gasteiger partial charge in [0.05, 0.1) is 0 Å². The van der Waals surface area contributed by atoms with Crippen LogP contribution in [0.25, 0.3) is 0 Å². The second kappa shape index (κ2) is 7.25. The second-order valence-corrected chi connectivity index (χ2v) is 3.76. The number of hydrogen-bond acceptors (Lipinski definition) is 3. The van der Waals surface area contributed by atoms with Crippen molar-refractivity contribution in [3.63, 3.8) is 0 Å². The van der Waals surface area contributed by atoms with Crippen molar-refractivity contribution in [3.05, 3.63) is 30.3 Å². The zero-order valence-electron chi connectivity index (χ0n) is 10.1. The molecular weight excluding hydrogens is 202 g/mol. The third-order valence-corrected chi connectivity index (χ3v) is 2.55. The van der Waals surface area contributed by atoms with Gasteiger partial charge in [-0.25, -0.2) is 0 Å². The SMILES string of the molecule is CCN(CC)C[C@H](O)COc1ccccc1. The summed E-state index contributed by atoms with van der Waals surface area (Å²) in [5.41, 5.74) is 0. The molecule has 1 aromatic rings. The van der Waals surface area contributed by atoms with Crippen LogP contribution in [0.3, 0.4) is 0 Å². The minimum absolute atomic E-state index is 0.348. The lowest BCUT2D eigenvalue weighted by atomic mass is 10.3. The number of ether oxygens (including phenoxy) is 1. The smallest absolute Gasteiger partial charge is 0.119 e. The number of nitrogens with zero attached hydrogens (tertiary/aromatic N) is 1. The molecule has 0 fully saturated rings. The monoisotopic (exact) mass is 223 g/mol. The molecule has 0 amide bonds. The summed E-state index contributed by atoms with van der Waals surface area (Å²) in [6, 6.07) is 9.58. The Bertz CT molecular complexity index is 273. The molecule has 90 valence electrons. The first-order valence-electron chi connectivity index (χ1n) is 5.84. The molecule has 1 atom stereocenters. The lowest BCUT2D eigenvalue weighted by Crippen LogP contribution is -2.35. The summed E-state index contributed by atoms with van der Waals surface area (Å²) < 4.78 is 5.48. The molecule has 0 aliphatic rings. The molecule has 0 spiro atoms. The van der Waals surface area contributed by atoms with Crippen LogP contribution in [0.5, 0.6) is 5.75 Å². The Balaban J connectivity index is 2.27. The van der Waals surface area contributed by atoms with Gasteiger partial charge in [0.15, 0.2) is 0 Å². The van der Waals surface area contributed by atoms with E-state index in [2.05, 4.69) is 18.7 Å². The Hall–Kier alpha value is -1.06. The number of likely N-dealkylation sites (N-methyl/N-ethyl adjacent to an activating group) is 1. The molecule has 3 heteroatoms. The molecule has 1 rings (SSSR count). The summed E-state index contributed by atoms with van der Waals surface area (Å²) in [6.07, 6.45) is -0.430. The molecule has 1 aromatic carbocycles. The van der Waals surface area contributed by atoms with Gasteiger partial charge in [0.25, 0.3) is 0 Å². The van der Waals surface area contributed by atoms with Crippen LogP contribution in [0, 0.1) is 0 Å². The largest absolute Gasteiger partial charge is 0.491 e. The number of hydrogen-bond donors (Lipinski definition) is 1. The van der Waals surface area contributed by atoms with Crippen molar-refractivity contribution >= 4 is 0 Å². The molecule has 3 nitrogen and oxygen atoms in total. The first-order chi connectivity index (χ1) is 7.76. The number of rotatable bonds is 7. The molecule has 0 unspecified atom stereocenters. The summed E-state index contributed by atoms with van der Waals surface area (Å²) in [5.74, 6) is 0.807. The van der Waals surface area contributed by atoms with Gasteiger partial charge in [-0.15, -0.1) is 0 Å². The van der Waals surface area contributed by atoms with Crippen molar-refractivity contribution < 1.29 is 9.84 Å². The highest BCUT2D eigenvalue weighted by molar-refractivity contribution is 5.20. The van der Waals surface area contributed by atoms with Crippen molar-refractivity contribution in [2.45, 2.75) is 20.0 Å². The highest BCUT2D eigenvalue weighted by Crippen LogP contribution is 2.08. The quantitative estimate of drug-likeness (QED) is 0.764. The fourth-order valence-corrected chi connectivity index (χ4v) is 1.54. The minimum Gasteiger partial charge on any atom is -0.491 e. The number of aliphatic hydroxyl groups excluding tert-OH is 1. The molecule has 0 radical (unpaired) electrons. The predicted octanol–water partition coefficient (Wildman–Crippen LogP) is 1.77. The number of para-hydroxylation sites is 1. The lowest BCUT2D eigenvalue weighted by Gasteiger charge is -2.21. The van der Waals surface area contributed by atoms with E-state index in [1.165, 1.54) is 0 Å². The average molecular weight is 223 g/mol. The van der Waals surface area contributed by atoms with Crippen LogP contribution in [0.1, 0.15) is 13.8 Å². The third kappa shape index (κ3) is 4.64. The Morgan fingerprint density at radius 3 is 2.38 bits per heavy atom. The van der Waals surface area contributed by atoms with E-state index in [0.717, 1.165) is 18.8 Å². The standard InChI is InChI=1S/C13H21NO2/c1-3-14(4-2)10-12(15)11-16-13-8-6-5-7-9-13/h5-9,12,15H,3-4,10-11H2,1-2H3/t12-/m0/s1. The topological polar surface area (TPSA) is 32.7 Å². The third-order valence-electron chi connectivity index (χ3n) is 2.55. The fourth-order valence-electron chi connectivity index (χ4n) is 1.54. The maximum atomic E-state index is 9.78. The van der Waals surface area contributed by atoms with Gasteiger partial charge in [0, 0.05) is 6.54 Å². The summed E-state index contributed by atoms with van der Waals surface area (Å²) in [7, 11) is 0. The maximum absolute atomic E-state index is 9.78. The van der Waals surface area contributed by atoms with Crippen molar-refractivity contribution in [1.29, 1.82) is 0 Å². The van der Waals surface area contributed by atoms with Gasteiger partial charge in [0.2, 0.25) is 0 Å². The second-order valence-electron chi connectivity index (χ2n) is 3.76. The molecule has 1 N–H and O–H groups in total. The summed E-state index contributed by atoms with van der Waals surface area (Å²) >= 11 is 0. The Kier molecular flexibility index (Phi) is 5.90.